The molecule has 1 aromatic heterocycles. The number of nitrogens with zero attached hydrogens (tertiary/aromatic N) is 3. The lowest BCUT2D eigenvalue weighted by molar-refractivity contribution is -0.137. The first-order valence-electron chi connectivity index (χ1n) is 10.9. The van der Waals surface area contributed by atoms with Crippen LogP contribution in [0.5, 0.6) is 0 Å². The van der Waals surface area contributed by atoms with E-state index in [-0.39, 0.29) is 28.9 Å². The molecule has 0 aliphatic heterocycles. The Balaban J connectivity index is 1.50. The molecule has 13 heteroatoms. The van der Waals surface area contributed by atoms with Gasteiger partial charge >= 0.3 is 6.18 Å². The average Bonchev–Trinajstić information content (AvgIpc) is 3.30. The lowest BCUT2D eigenvalue weighted by Crippen LogP contribution is -2.24. The van der Waals surface area contributed by atoms with Crippen LogP contribution in [0.15, 0.2) is 82.4 Å². The highest BCUT2D eigenvalue weighted by molar-refractivity contribution is 9.10. The van der Waals surface area contributed by atoms with Crippen molar-refractivity contribution in [3.8, 4) is 5.69 Å². The van der Waals surface area contributed by atoms with Gasteiger partial charge in [0.05, 0.1) is 28.6 Å². The monoisotopic (exact) mass is 623 g/mol. The highest BCUT2D eigenvalue weighted by atomic mass is 79.9. The Labute approximate surface area is 232 Å². The third kappa shape index (κ3) is 6.94. The Bertz CT molecular complexity index is 1450. The number of rotatable bonds is 8. The van der Waals surface area contributed by atoms with E-state index in [0.29, 0.717) is 22.2 Å². The third-order valence-corrected chi connectivity index (χ3v) is 6.92. The van der Waals surface area contributed by atoms with E-state index in [2.05, 4.69) is 36.8 Å². The van der Waals surface area contributed by atoms with Crippen LogP contribution in [0.1, 0.15) is 21.7 Å². The standard InChI is InChI=1S/C25H18BrClF3N5O2S/c26-17-7-9-18(10-8-17)35-21(13-31-23(37)15-4-2-1-3-5-15)33-34-24(35)38-14-22(36)32-20-12-16(25(28,29)30)6-11-19(20)27/h1-12H,13-14H2,(H,31,37)(H,32,36). The fourth-order valence-corrected chi connectivity index (χ4v) is 4.52. The molecule has 0 unspecified atom stereocenters. The van der Waals surface area contributed by atoms with Crippen molar-refractivity contribution in [1.29, 1.82) is 0 Å². The van der Waals surface area contributed by atoms with Crippen LogP contribution in [0, 0.1) is 0 Å². The minimum absolute atomic E-state index is 0.0224. The number of thioether (sulfide) groups is 1. The number of aromatic nitrogens is 3. The normalized spacial score (nSPS) is 11.3. The van der Waals surface area contributed by atoms with Crippen molar-refractivity contribution in [2.24, 2.45) is 0 Å². The first-order valence-corrected chi connectivity index (χ1v) is 13.1. The summed E-state index contributed by atoms with van der Waals surface area (Å²) in [6.07, 6.45) is -4.58. The number of halogens is 5. The number of benzene rings is 3. The maximum atomic E-state index is 13.0. The quantitative estimate of drug-likeness (QED) is 0.223. The first-order chi connectivity index (χ1) is 18.1. The van der Waals surface area contributed by atoms with Crippen LogP contribution in [0.3, 0.4) is 0 Å². The van der Waals surface area contributed by atoms with Gasteiger partial charge in [-0.2, -0.15) is 13.2 Å². The van der Waals surface area contributed by atoms with E-state index in [1.807, 2.05) is 30.3 Å². The predicted octanol–water partition coefficient (Wildman–Crippen LogP) is 6.36. The van der Waals surface area contributed by atoms with Crippen molar-refractivity contribution >= 4 is 56.8 Å². The summed E-state index contributed by atoms with van der Waals surface area (Å²) in [6.45, 7) is 0.0589. The number of hydrogen-bond donors (Lipinski definition) is 2. The van der Waals surface area contributed by atoms with Gasteiger partial charge in [0.1, 0.15) is 0 Å². The van der Waals surface area contributed by atoms with Crippen LogP contribution in [-0.2, 0) is 17.5 Å². The largest absolute Gasteiger partial charge is 0.416 e. The fraction of sp³-hybridized carbons (Fsp3) is 0.120. The molecule has 38 heavy (non-hydrogen) atoms. The maximum absolute atomic E-state index is 13.0. The van der Waals surface area contributed by atoms with Crippen LogP contribution in [0.25, 0.3) is 5.69 Å². The summed E-state index contributed by atoms with van der Waals surface area (Å²) < 4.78 is 41.7. The number of hydrogen-bond acceptors (Lipinski definition) is 5. The molecule has 0 aliphatic rings. The summed E-state index contributed by atoms with van der Waals surface area (Å²) in [4.78, 5) is 25.1. The van der Waals surface area contributed by atoms with Crippen LogP contribution in [0.4, 0.5) is 18.9 Å². The van der Waals surface area contributed by atoms with Gasteiger partial charge in [-0.05, 0) is 54.6 Å². The molecule has 4 aromatic rings. The number of carbonyl (C=O) groups excluding carboxylic acids is 2. The van der Waals surface area contributed by atoms with Crippen LogP contribution in [-0.4, -0.2) is 32.3 Å². The fourth-order valence-electron chi connectivity index (χ4n) is 3.32. The molecule has 1 heterocycles. The van der Waals surface area contributed by atoms with E-state index in [9.17, 15) is 22.8 Å². The van der Waals surface area contributed by atoms with Gasteiger partial charge in [0.15, 0.2) is 11.0 Å². The lowest BCUT2D eigenvalue weighted by atomic mass is 10.2. The molecule has 0 saturated heterocycles. The lowest BCUT2D eigenvalue weighted by Gasteiger charge is -2.12. The highest BCUT2D eigenvalue weighted by Gasteiger charge is 2.31. The van der Waals surface area contributed by atoms with E-state index in [0.717, 1.165) is 34.4 Å². The molecular formula is C25H18BrClF3N5O2S. The van der Waals surface area contributed by atoms with Crippen molar-refractivity contribution in [3.05, 3.63) is 99.2 Å². The zero-order valence-corrected chi connectivity index (χ0v) is 22.5. The van der Waals surface area contributed by atoms with Gasteiger partial charge in [0.25, 0.3) is 5.91 Å². The molecule has 0 fully saturated rings. The van der Waals surface area contributed by atoms with Gasteiger partial charge in [-0.3, -0.25) is 14.2 Å². The van der Waals surface area contributed by atoms with Gasteiger partial charge in [-0.25, -0.2) is 0 Å². The van der Waals surface area contributed by atoms with E-state index in [1.165, 1.54) is 0 Å². The van der Waals surface area contributed by atoms with Crippen molar-refractivity contribution < 1.29 is 22.8 Å². The Morgan fingerprint density at radius 2 is 1.71 bits per heavy atom. The zero-order valence-electron chi connectivity index (χ0n) is 19.3. The Morgan fingerprint density at radius 1 is 1.00 bits per heavy atom. The van der Waals surface area contributed by atoms with Gasteiger partial charge in [-0.1, -0.05) is 57.5 Å². The SMILES string of the molecule is O=C(CSc1nnc(CNC(=O)c2ccccc2)n1-c1ccc(Br)cc1)Nc1cc(C(F)(F)F)ccc1Cl. The Kier molecular flexibility index (Phi) is 8.75. The summed E-state index contributed by atoms with van der Waals surface area (Å²) >= 11 is 10.4. The van der Waals surface area contributed by atoms with Crippen molar-refractivity contribution in [2.75, 3.05) is 11.1 Å². The molecule has 3 aromatic carbocycles. The van der Waals surface area contributed by atoms with E-state index in [4.69, 9.17) is 11.6 Å². The summed E-state index contributed by atoms with van der Waals surface area (Å²) in [5.74, 6) is -0.638. The maximum Gasteiger partial charge on any atom is 0.416 e. The van der Waals surface area contributed by atoms with Gasteiger partial charge in [0, 0.05) is 15.7 Å². The molecule has 0 spiro atoms. The second-order valence-corrected chi connectivity index (χ2v) is 10.1. The number of alkyl halides is 3. The van der Waals surface area contributed by atoms with Gasteiger partial charge in [-0.15, -0.1) is 10.2 Å². The van der Waals surface area contributed by atoms with E-state index < -0.39 is 17.6 Å². The topological polar surface area (TPSA) is 88.9 Å². The first kappa shape index (κ1) is 27.7. The average molecular weight is 625 g/mol. The van der Waals surface area contributed by atoms with Crippen LogP contribution < -0.4 is 10.6 Å². The number of amides is 2. The molecule has 2 amide bonds. The number of nitrogens with one attached hydrogen (secondary N) is 2. The molecule has 0 bridgehead atoms. The van der Waals surface area contributed by atoms with Gasteiger partial charge < -0.3 is 10.6 Å². The van der Waals surface area contributed by atoms with Crippen LogP contribution in [0.2, 0.25) is 5.02 Å². The molecule has 0 radical (unpaired) electrons. The number of carbonyl (C=O) groups is 2. The Morgan fingerprint density at radius 3 is 2.39 bits per heavy atom. The molecule has 0 atom stereocenters. The number of anilines is 1. The van der Waals surface area contributed by atoms with Crippen molar-refractivity contribution in [3.63, 3.8) is 0 Å². The van der Waals surface area contributed by atoms with Gasteiger partial charge in [0.2, 0.25) is 5.91 Å². The summed E-state index contributed by atoms with van der Waals surface area (Å²) in [6, 6.07) is 18.6. The summed E-state index contributed by atoms with van der Waals surface area (Å²) in [7, 11) is 0. The van der Waals surface area contributed by atoms with Crippen molar-refractivity contribution in [1.82, 2.24) is 20.1 Å². The molecule has 0 saturated carbocycles. The molecule has 4 rings (SSSR count). The molecule has 2 N–H and O–H groups in total. The Hall–Kier alpha value is -3.35. The minimum Gasteiger partial charge on any atom is -0.345 e. The smallest absolute Gasteiger partial charge is 0.345 e. The molecule has 7 nitrogen and oxygen atoms in total. The second kappa shape index (κ2) is 12.0. The minimum atomic E-state index is -4.58. The highest BCUT2D eigenvalue weighted by Crippen LogP contribution is 2.34. The summed E-state index contributed by atoms with van der Waals surface area (Å²) in [5.41, 5.74) is 0.0977. The van der Waals surface area contributed by atoms with E-state index in [1.54, 1.807) is 28.8 Å². The third-order valence-electron chi connectivity index (χ3n) is 5.13. The predicted molar refractivity (Wildman–Crippen MR) is 142 cm³/mol. The van der Waals surface area contributed by atoms with Crippen LogP contribution >= 0.6 is 39.3 Å². The molecule has 196 valence electrons. The summed E-state index contributed by atoms with van der Waals surface area (Å²) in [5, 5.41) is 13.9. The second-order valence-electron chi connectivity index (χ2n) is 7.79. The molecular weight excluding hydrogens is 607 g/mol. The zero-order chi connectivity index (χ0) is 27.3. The van der Waals surface area contributed by atoms with Crippen molar-refractivity contribution in [2.45, 2.75) is 17.9 Å². The molecule has 0 aliphatic carbocycles. The van der Waals surface area contributed by atoms with E-state index >= 15 is 0 Å².